The monoisotopic (exact) mass is 170 g/mol. The molecule has 1 N–H and O–H groups in total. The molecule has 0 aliphatic carbocycles. The zero-order chi connectivity index (χ0) is 8.48. The van der Waals surface area contributed by atoms with E-state index in [-0.39, 0.29) is 5.54 Å². The van der Waals surface area contributed by atoms with Crippen LogP contribution in [0.25, 0.3) is 0 Å². The third kappa shape index (κ3) is 1.60. The van der Waals surface area contributed by atoms with E-state index in [4.69, 9.17) is 0 Å². The quantitative estimate of drug-likeness (QED) is 0.733. The van der Waals surface area contributed by atoms with Gasteiger partial charge in [-0.25, -0.2) is 4.98 Å². The van der Waals surface area contributed by atoms with Crippen LogP contribution in [0.2, 0.25) is 0 Å². The molecule has 0 saturated carbocycles. The highest BCUT2D eigenvalue weighted by molar-refractivity contribution is 7.09. The minimum absolute atomic E-state index is 0.0608. The van der Waals surface area contributed by atoms with Gasteiger partial charge in [-0.1, -0.05) is 0 Å². The minimum Gasteiger partial charge on any atom is -0.310 e. The van der Waals surface area contributed by atoms with E-state index in [0.29, 0.717) is 0 Å². The Morgan fingerprint density at radius 2 is 2.18 bits per heavy atom. The largest absolute Gasteiger partial charge is 0.310 e. The fourth-order valence-corrected chi connectivity index (χ4v) is 1.95. The van der Waals surface area contributed by atoms with Gasteiger partial charge in [0, 0.05) is 10.4 Å². The Morgan fingerprint density at radius 3 is 2.55 bits per heavy atom. The standard InChI is InChI=1S/C8H14N2S/c1-6-7(11-5-10-6)8(2,3)9-4/h5,9H,1-4H3. The summed E-state index contributed by atoms with van der Waals surface area (Å²) in [4.78, 5) is 5.53. The van der Waals surface area contributed by atoms with Gasteiger partial charge in [-0.3, -0.25) is 0 Å². The van der Waals surface area contributed by atoms with Crippen molar-refractivity contribution in [3.63, 3.8) is 0 Å². The molecule has 0 atom stereocenters. The van der Waals surface area contributed by atoms with Gasteiger partial charge in [-0.05, 0) is 27.8 Å². The van der Waals surface area contributed by atoms with Gasteiger partial charge in [0.15, 0.2) is 0 Å². The van der Waals surface area contributed by atoms with Gasteiger partial charge < -0.3 is 5.32 Å². The topological polar surface area (TPSA) is 24.9 Å². The Balaban J connectivity index is 3.00. The number of rotatable bonds is 2. The highest BCUT2D eigenvalue weighted by Gasteiger charge is 2.21. The first-order valence-electron chi connectivity index (χ1n) is 3.67. The Hall–Kier alpha value is -0.410. The van der Waals surface area contributed by atoms with Gasteiger partial charge in [0.05, 0.1) is 11.2 Å². The molecule has 2 nitrogen and oxygen atoms in total. The number of aryl methyl sites for hydroxylation is 1. The molecule has 0 unspecified atom stereocenters. The van der Waals surface area contributed by atoms with Crippen LogP contribution in [0.3, 0.4) is 0 Å². The first-order chi connectivity index (χ1) is 5.08. The van der Waals surface area contributed by atoms with Crippen molar-refractivity contribution in [2.75, 3.05) is 7.05 Å². The van der Waals surface area contributed by atoms with E-state index >= 15 is 0 Å². The first-order valence-corrected chi connectivity index (χ1v) is 4.55. The minimum atomic E-state index is 0.0608. The van der Waals surface area contributed by atoms with Crippen molar-refractivity contribution in [1.29, 1.82) is 0 Å². The van der Waals surface area contributed by atoms with Crippen molar-refractivity contribution in [2.24, 2.45) is 0 Å². The lowest BCUT2D eigenvalue weighted by molar-refractivity contribution is 0.450. The van der Waals surface area contributed by atoms with Crippen molar-refractivity contribution in [1.82, 2.24) is 10.3 Å². The maximum absolute atomic E-state index is 4.21. The smallest absolute Gasteiger partial charge is 0.0798 e. The highest BCUT2D eigenvalue weighted by Crippen LogP contribution is 2.26. The molecule has 3 heteroatoms. The molecule has 62 valence electrons. The molecule has 0 radical (unpaired) electrons. The first kappa shape index (κ1) is 8.68. The van der Waals surface area contributed by atoms with Gasteiger partial charge in [-0.15, -0.1) is 11.3 Å². The summed E-state index contributed by atoms with van der Waals surface area (Å²) in [5.41, 5.74) is 3.09. The lowest BCUT2D eigenvalue weighted by atomic mass is 10.0. The molecule has 1 aromatic heterocycles. The van der Waals surface area contributed by atoms with Crippen molar-refractivity contribution < 1.29 is 0 Å². The maximum atomic E-state index is 4.21. The number of thiazole rings is 1. The zero-order valence-electron chi connectivity index (χ0n) is 7.43. The third-order valence-corrected chi connectivity index (χ3v) is 3.19. The summed E-state index contributed by atoms with van der Waals surface area (Å²) in [7, 11) is 1.97. The molecule has 0 aliphatic rings. The van der Waals surface area contributed by atoms with E-state index in [1.54, 1.807) is 11.3 Å². The SMILES string of the molecule is CNC(C)(C)c1scnc1C. The second-order valence-corrected chi connectivity index (χ2v) is 4.00. The highest BCUT2D eigenvalue weighted by atomic mass is 32.1. The summed E-state index contributed by atoms with van der Waals surface area (Å²) < 4.78 is 0. The van der Waals surface area contributed by atoms with Crippen LogP contribution in [0.4, 0.5) is 0 Å². The Morgan fingerprint density at radius 1 is 1.55 bits per heavy atom. The molecule has 0 saturated heterocycles. The summed E-state index contributed by atoms with van der Waals surface area (Å²) in [6.07, 6.45) is 0. The van der Waals surface area contributed by atoms with Crippen molar-refractivity contribution in [2.45, 2.75) is 26.3 Å². The molecular formula is C8H14N2S. The van der Waals surface area contributed by atoms with Gasteiger partial charge >= 0.3 is 0 Å². The molecule has 0 spiro atoms. The number of hydrogen-bond acceptors (Lipinski definition) is 3. The Kier molecular flexibility index (Phi) is 2.30. The van der Waals surface area contributed by atoms with E-state index in [0.717, 1.165) is 5.69 Å². The van der Waals surface area contributed by atoms with Crippen molar-refractivity contribution >= 4 is 11.3 Å². The number of aromatic nitrogens is 1. The van der Waals surface area contributed by atoms with E-state index in [1.165, 1.54) is 4.88 Å². The summed E-state index contributed by atoms with van der Waals surface area (Å²) >= 11 is 1.71. The number of nitrogens with zero attached hydrogens (tertiary/aromatic N) is 1. The molecule has 1 rings (SSSR count). The molecule has 0 bridgehead atoms. The average Bonchev–Trinajstić information content (AvgIpc) is 2.36. The van der Waals surface area contributed by atoms with Crippen LogP contribution in [-0.4, -0.2) is 12.0 Å². The Bertz CT molecular complexity index is 240. The summed E-state index contributed by atoms with van der Waals surface area (Å²) in [6.45, 7) is 6.37. The fraction of sp³-hybridized carbons (Fsp3) is 0.625. The average molecular weight is 170 g/mol. The van der Waals surface area contributed by atoms with Gasteiger partial charge in [0.25, 0.3) is 0 Å². The van der Waals surface area contributed by atoms with Crippen LogP contribution in [0.15, 0.2) is 5.51 Å². The lowest BCUT2D eigenvalue weighted by Crippen LogP contribution is -2.32. The van der Waals surface area contributed by atoms with Gasteiger partial charge in [0.1, 0.15) is 0 Å². The normalized spacial score (nSPS) is 12.0. The van der Waals surface area contributed by atoms with Crippen LogP contribution in [0, 0.1) is 6.92 Å². The zero-order valence-corrected chi connectivity index (χ0v) is 8.25. The Labute approximate surface area is 71.7 Å². The maximum Gasteiger partial charge on any atom is 0.0798 e. The molecule has 0 fully saturated rings. The second kappa shape index (κ2) is 2.91. The van der Waals surface area contributed by atoms with E-state index in [1.807, 2.05) is 19.5 Å². The van der Waals surface area contributed by atoms with Crippen LogP contribution in [0.5, 0.6) is 0 Å². The molecule has 0 aromatic carbocycles. The predicted molar refractivity (Wildman–Crippen MR) is 48.9 cm³/mol. The van der Waals surface area contributed by atoms with Crippen LogP contribution < -0.4 is 5.32 Å². The summed E-state index contributed by atoms with van der Waals surface area (Å²) in [5, 5.41) is 3.25. The van der Waals surface area contributed by atoms with Crippen LogP contribution >= 0.6 is 11.3 Å². The molecule has 1 aromatic rings. The second-order valence-electron chi connectivity index (χ2n) is 3.14. The van der Waals surface area contributed by atoms with Crippen LogP contribution in [-0.2, 0) is 5.54 Å². The van der Waals surface area contributed by atoms with Crippen molar-refractivity contribution in [3.05, 3.63) is 16.1 Å². The van der Waals surface area contributed by atoms with E-state index in [9.17, 15) is 0 Å². The molecule has 11 heavy (non-hydrogen) atoms. The van der Waals surface area contributed by atoms with Gasteiger partial charge in [-0.2, -0.15) is 0 Å². The van der Waals surface area contributed by atoms with Crippen LogP contribution in [0.1, 0.15) is 24.4 Å². The predicted octanol–water partition coefficient (Wildman–Crippen LogP) is 1.91. The number of hydrogen-bond donors (Lipinski definition) is 1. The molecular weight excluding hydrogens is 156 g/mol. The van der Waals surface area contributed by atoms with E-state index in [2.05, 4.69) is 24.1 Å². The third-order valence-electron chi connectivity index (χ3n) is 1.94. The summed E-state index contributed by atoms with van der Waals surface area (Å²) in [6, 6.07) is 0. The van der Waals surface area contributed by atoms with Gasteiger partial charge in [0.2, 0.25) is 0 Å². The fourth-order valence-electron chi connectivity index (χ4n) is 1.02. The molecule has 0 amide bonds. The summed E-state index contributed by atoms with van der Waals surface area (Å²) in [5.74, 6) is 0. The molecule has 1 heterocycles. The van der Waals surface area contributed by atoms with Crippen molar-refractivity contribution in [3.8, 4) is 0 Å². The van der Waals surface area contributed by atoms with E-state index < -0.39 is 0 Å². The lowest BCUT2D eigenvalue weighted by Gasteiger charge is -2.22. The number of nitrogens with one attached hydrogen (secondary N) is 1. The molecule has 0 aliphatic heterocycles.